The molecule has 0 saturated carbocycles. The van der Waals surface area contributed by atoms with Gasteiger partial charge in [0.15, 0.2) is 0 Å². The molecule has 0 radical (unpaired) electrons. The van der Waals surface area contributed by atoms with Gasteiger partial charge in [-0.15, -0.1) is 0 Å². The summed E-state index contributed by atoms with van der Waals surface area (Å²) in [6.45, 7) is 12.3. The number of phenolic OH excluding ortho intramolecular Hbond substituents is 1. The minimum Gasteiger partial charge on any atom is -0.507 e. The normalized spacial score (nSPS) is 13.6. The van der Waals surface area contributed by atoms with Crippen LogP contribution in [0.2, 0.25) is 0 Å². The van der Waals surface area contributed by atoms with Crippen molar-refractivity contribution in [3.05, 3.63) is 29.3 Å². The lowest BCUT2D eigenvalue weighted by molar-refractivity contribution is -0.884. The zero-order chi connectivity index (χ0) is 15.8. The van der Waals surface area contributed by atoms with Crippen molar-refractivity contribution in [3.8, 4) is 5.75 Å². The highest BCUT2D eigenvalue weighted by atomic mass is 16.3. The first-order valence-corrected chi connectivity index (χ1v) is 7.43. The maximum absolute atomic E-state index is 10.1. The van der Waals surface area contributed by atoms with Crippen molar-refractivity contribution in [2.75, 3.05) is 21.1 Å². The van der Waals surface area contributed by atoms with E-state index in [1.54, 1.807) is 0 Å². The molecule has 0 heterocycles. The predicted molar refractivity (Wildman–Crippen MR) is 86.9 cm³/mol. The summed E-state index contributed by atoms with van der Waals surface area (Å²) in [4.78, 5) is 0. The van der Waals surface area contributed by atoms with Gasteiger partial charge < -0.3 is 9.59 Å². The van der Waals surface area contributed by atoms with E-state index in [2.05, 4.69) is 67.9 Å². The number of aromatic hydroxyl groups is 1. The summed E-state index contributed by atoms with van der Waals surface area (Å²) in [6.07, 6.45) is 1.12. The standard InChI is InChI=1S/C18H31NO/c1-17(2,3)13-18(4,5)15-9-10-16(20)14(11-15)12-19(6,7)8/h9-11H,12-13H2,1-8H3/p+1. The van der Waals surface area contributed by atoms with Gasteiger partial charge in [-0.2, -0.15) is 0 Å². The molecule has 1 aromatic rings. The van der Waals surface area contributed by atoms with Gasteiger partial charge in [0.2, 0.25) is 0 Å². The molecule has 2 heteroatoms. The Labute approximate surface area is 125 Å². The highest BCUT2D eigenvalue weighted by Crippen LogP contribution is 2.37. The number of nitrogens with zero attached hydrogens (tertiary/aromatic N) is 1. The molecule has 1 N–H and O–H groups in total. The van der Waals surface area contributed by atoms with Gasteiger partial charge >= 0.3 is 0 Å². The van der Waals surface area contributed by atoms with Crippen molar-refractivity contribution in [1.29, 1.82) is 0 Å². The van der Waals surface area contributed by atoms with Gasteiger partial charge in [0, 0.05) is 5.56 Å². The average Bonchev–Trinajstić information content (AvgIpc) is 2.15. The van der Waals surface area contributed by atoms with Gasteiger partial charge in [-0.1, -0.05) is 40.7 Å². The fraction of sp³-hybridized carbons (Fsp3) is 0.667. The van der Waals surface area contributed by atoms with Gasteiger partial charge in [-0.3, -0.25) is 0 Å². The molecule has 0 unspecified atom stereocenters. The van der Waals surface area contributed by atoms with Crippen LogP contribution in [0.15, 0.2) is 18.2 Å². The van der Waals surface area contributed by atoms with Gasteiger partial charge in [-0.05, 0) is 34.9 Å². The second-order valence-corrected chi connectivity index (χ2v) is 8.91. The van der Waals surface area contributed by atoms with E-state index >= 15 is 0 Å². The van der Waals surface area contributed by atoms with Crippen LogP contribution in [0.5, 0.6) is 5.75 Å². The summed E-state index contributed by atoms with van der Waals surface area (Å²) in [5.41, 5.74) is 2.76. The Kier molecular flexibility index (Phi) is 4.60. The molecular weight excluding hydrogens is 246 g/mol. The maximum Gasteiger partial charge on any atom is 0.124 e. The monoisotopic (exact) mass is 278 g/mol. The quantitative estimate of drug-likeness (QED) is 0.814. The lowest BCUT2D eigenvalue weighted by atomic mass is 9.72. The van der Waals surface area contributed by atoms with Crippen molar-refractivity contribution in [1.82, 2.24) is 0 Å². The summed E-state index contributed by atoms with van der Waals surface area (Å²) in [5, 5.41) is 10.1. The number of hydrogen-bond acceptors (Lipinski definition) is 1. The lowest BCUT2D eigenvalue weighted by Crippen LogP contribution is -2.33. The summed E-state index contributed by atoms with van der Waals surface area (Å²) in [5.74, 6) is 0.411. The summed E-state index contributed by atoms with van der Waals surface area (Å²) >= 11 is 0. The van der Waals surface area contributed by atoms with E-state index in [0.717, 1.165) is 23.0 Å². The van der Waals surface area contributed by atoms with Crippen LogP contribution < -0.4 is 0 Å². The first-order chi connectivity index (χ1) is 8.80. The Bertz CT molecular complexity index is 461. The van der Waals surface area contributed by atoms with Crippen LogP contribution in [-0.4, -0.2) is 30.7 Å². The number of benzene rings is 1. The van der Waals surface area contributed by atoms with Gasteiger partial charge in [-0.25, -0.2) is 0 Å². The summed E-state index contributed by atoms with van der Waals surface area (Å²) in [7, 11) is 6.44. The molecule has 114 valence electrons. The van der Waals surface area contributed by atoms with Crippen LogP contribution in [-0.2, 0) is 12.0 Å². The van der Waals surface area contributed by atoms with Crippen LogP contribution in [0.25, 0.3) is 0 Å². The Hall–Kier alpha value is -1.02. The van der Waals surface area contributed by atoms with E-state index in [1.807, 2.05) is 6.07 Å². The number of quaternary nitrogens is 1. The molecule has 1 rings (SSSR count). The first-order valence-electron chi connectivity index (χ1n) is 7.43. The molecule has 0 fully saturated rings. The highest BCUT2D eigenvalue weighted by molar-refractivity contribution is 5.38. The zero-order valence-corrected chi connectivity index (χ0v) is 14.5. The van der Waals surface area contributed by atoms with Crippen LogP contribution in [0.1, 0.15) is 52.2 Å². The predicted octanol–water partition coefficient (Wildman–Crippen LogP) is 4.31. The highest BCUT2D eigenvalue weighted by Gasteiger charge is 2.28. The van der Waals surface area contributed by atoms with E-state index in [4.69, 9.17) is 0 Å². The van der Waals surface area contributed by atoms with E-state index in [1.165, 1.54) is 5.56 Å². The number of phenols is 1. The van der Waals surface area contributed by atoms with Gasteiger partial charge in [0.1, 0.15) is 12.3 Å². The fourth-order valence-electron chi connectivity index (χ4n) is 3.07. The average molecular weight is 278 g/mol. The molecule has 0 saturated heterocycles. The minimum atomic E-state index is 0.117. The van der Waals surface area contributed by atoms with Crippen molar-refractivity contribution in [2.24, 2.45) is 5.41 Å². The molecule has 0 atom stereocenters. The first kappa shape index (κ1) is 17.0. The molecule has 0 aromatic heterocycles. The molecule has 0 spiro atoms. The third kappa shape index (κ3) is 5.16. The van der Waals surface area contributed by atoms with Gasteiger partial charge in [0.25, 0.3) is 0 Å². The zero-order valence-electron chi connectivity index (χ0n) is 14.5. The van der Waals surface area contributed by atoms with Crippen LogP contribution >= 0.6 is 0 Å². The molecule has 0 aliphatic carbocycles. The third-order valence-electron chi connectivity index (χ3n) is 3.48. The Morgan fingerprint density at radius 1 is 1.00 bits per heavy atom. The molecule has 0 amide bonds. The van der Waals surface area contributed by atoms with Crippen molar-refractivity contribution in [3.63, 3.8) is 0 Å². The number of rotatable bonds is 4. The fourth-order valence-corrected chi connectivity index (χ4v) is 3.07. The molecule has 0 bridgehead atoms. The summed E-state index contributed by atoms with van der Waals surface area (Å²) in [6, 6.07) is 6.11. The van der Waals surface area contributed by atoms with Crippen LogP contribution in [0.3, 0.4) is 0 Å². The van der Waals surface area contributed by atoms with E-state index < -0.39 is 0 Å². The van der Waals surface area contributed by atoms with E-state index in [9.17, 15) is 5.11 Å². The lowest BCUT2D eigenvalue weighted by Gasteiger charge is -2.33. The van der Waals surface area contributed by atoms with Crippen molar-refractivity contribution < 1.29 is 9.59 Å². The SMILES string of the molecule is CC(C)(C)CC(C)(C)c1ccc(O)c(C[N+](C)(C)C)c1. The van der Waals surface area contributed by atoms with Crippen molar-refractivity contribution in [2.45, 2.75) is 53.0 Å². The van der Waals surface area contributed by atoms with Crippen LogP contribution in [0, 0.1) is 5.41 Å². The second kappa shape index (κ2) is 5.40. The number of hydrogen-bond donors (Lipinski definition) is 1. The molecule has 0 aliphatic heterocycles. The van der Waals surface area contributed by atoms with E-state index in [-0.39, 0.29) is 5.41 Å². The van der Waals surface area contributed by atoms with Gasteiger partial charge in [0.05, 0.1) is 21.1 Å². The van der Waals surface area contributed by atoms with Crippen LogP contribution in [0.4, 0.5) is 0 Å². The molecular formula is C18H32NO+. The Balaban J connectivity index is 3.11. The molecule has 20 heavy (non-hydrogen) atoms. The topological polar surface area (TPSA) is 20.2 Å². The molecule has 2 nitrogen and oxygen atoms in total. The second-order valence-electron chi connectivity index (χ2n) is 8.91. The molecule has 1 aromatic carbocycles. The van der Waals surface area contributed by atoms with E-state index in [0.29, 0.717) is 11.2 Å². The smallest absolute Gasteiger partial charge is 0.124 e. The minimum absolute atomic E-state index is 0.117. The largest absolute Gasteiger partial charge is 0.507 e. The Morgan fingerprint density at radius 2 is 1.55 bits per heavy atom. The van der Waals surface area contributed by atoms with Crippen molar-refractivity contribution >= 4 is 0 Å². The summed E-state index contributed by atoms with van der Waals surface area (Å²) < 4.78 is 0.816. The maximum atomic E-state index is 10.1. The molecule has 0 aliphatic rings. The third-order valence-corrected chi connectivity index (χ3v) is 3.48. The Morgan fingerprint density at radius 3 is 2.00 bits per heavy atom.